The van der Waals surface area contributed by atoms with Gasteiger partial charge in [-0.15, -0.1) is 0 Å². The van der Waals surface area contributed by atoms with E-state index in [0.29, 0.717) is 0 Å². The summed E-state index contributed by atoms with van der Waals surface area (Å²) in [6.45, 7) is 8.86. The van der Waals surface area contributed by atoms with E-state index in [1.54, 1.807) is 5.19 Å². The van der Waals surface area contributed by atoms with Gasteiger partial charge >= 0.3 is 8.56 Å². The molecule has 0 unspecified atom stereocenters. The molecule has 0 saturated carbocycles. The second-order valence-electron chi connectivity index (χ2n) is 7.89. The zero-order valence-electron chi connectivity index (χ0n) is 13.8. The molecule has 3 rings (SSSR count). The molecule has 0 bridgehead atoms. The van der Waals surface area contributed by atoms with Gasteiger partial charge in [-0.2, -0.15) is 0 Å². The zero-order valence-corrected chi connectivity index (χ0v) is 15.8. The number of rotatable bonds is 0. The topological polar surface area (TPSA) is 18.5 Å². The fourth-order valence-corrected chi connectivity index (χ4v) is 15.1. The third-order valence-corrected chi connectivity index (χ3v) is 15.1. The van der Waals surface area contributed by atoms with Gasteiger partial charge in [0, 0.05) is 6.04 Å². The molecule has 5 heteroatoms. The van der Waals surface area contributed by atoms with Crippen molar-refractivity contribution >= 4 is 21.8 Å². The van der Waals surface area contributed by atoms with Crippen LogP contribution in [0.15, 0.2) is 24.3 Å². The minimum Gasteiger partial charge on any atom is -0.388 e. The largest absolute Gasteiger partial charge is 0.388 e. The summed E-state index contributed by atoms with van der Waals surface area (Å²) >= 11 is 0. The van der Waals surface area contributed by atoms with E-state index in [1.165, 1.54) is 11.2 Å². The van der Waals surface area contributed by atoms with Gasteiger partial charge in [-0.3, -0.25) is 0 Å². The maximum absolute atomic E-state index is 6.48. The molecule has 116 valence electrons. The molecule has 21 heavy (non-hydrogen) atoms. The average Bonchev–Trinajstić information content (AvgIpc) is 2.36. The Morgan fingerprint density at radius 2 is 1.62 bits per heavy atom. The summed E-state index contributed by atoms with van der Waals surface area (Å²) in [5.41, 5.74) is 2.71. The van der Waals surface area contributed by atoms with Crippen molar-refractivity contribution in [1.29, 1.82) is 0 Å². The third-order valence-electron chi connectivity index (χ3n) is 5.04. The molecule has 0 amide bonds. The van der Waals surface area contributed by atoms with E-state index in [-0.39, 0.29) is 0 Å². The van der Waals surface area contributed by atoms with Gasteiger partial charge in [-0.05, 0) is 11.2 Å². The van der Waals surface area contributed by atoms with Crippen LogP contribution in [0.5, 0.6) is 0 Å². The summed E-state index contributed by atoms with van der Waals surface area (Å²) in [5, 5.41) is 1.62. The Morgan fingerprint density at radius 1 is 1.00 bits per heavy atom. The van der Waals surface area contributed by atoms with Crippen molar-refractivity contribution in [3.63, 3.8) is 0 Å². The Balaban J connectivity index is 1.87. The molecule has 2 heterocycles. The number of quaternary nitrogens is 1. The van der Waals surface area contributed by atoms with Crippen LogP contribution in [0.2, 0.25) is 18.8 Å². The molecule has 2 aliphatic rings. The number of likely N-dealkylation sites (N-methyl/N-ethyl adjacent to an activating group) is 1. The van der Waals surface area contributed by atoms with Crippen molar-refractivity contribution in [2.75, 3.05) is 40.4 Å². The highest BCUT2D eigenvalue weighted by molar-refractivity contribution is 7.00. The van der Waals surface area contributed by atoms with Gasteiger partial charge in [0.05, 0.1) is 35.4 Å². The standard InChI is InChI=1S/C16H28NO2Si2/c1-17(2)9-11-18-21(19-12-10-17)13-15-7-5-6-8-16(15)20(3,4)14-21/h5-8H,9-14H2,1-4H3/q+1. The van der Waals surface area contributed by atoms with E-state index in [2.05, 4.69) is 51.5 Å². The van der Waals surface area contributed by atoms with Crippen molar-refractivity contribution in [3.8, 4) is 0 Å². The Labute approximate surface area is 130 Å². The van der Waals surface area contributed by atoms with Gasteiger partial charge < -0.3 is 13.3 Å². The highest BCUT2D eigenvalue weighted by atomic mass is 28.4. The van der Waals surface area contributed by atoms with Crippen LogP contribution >= 0.6 is 0 Å². The predicted octanol–water partition coefficient (Wildman–Crippen LogP) is 1.80. The Kier molecular flexibility index (Phi) is 3.90. The van der Waals surface area contributed by atoms with Crippen LogP contribution in [0.3, 0.4) is 0 Å². The molecular formula is C16H28NO2Si2+. The van der Waals surface area contributed by atoms with Gasteiger partial charge in [0.15, 0.2) is 0 Å². The van der Waals surface area contributed by atoms with Crippen LogP contribution in [-0.4, -0.2) is 61.5 Å². The molecule has 0 N–H and O–H groups in total. The second kappa shape index (κ2) is 5.31. The first-order chi connectivity index (χ1) is 9.82. The maximum Gasteiger partial charge on any atom is 0.340 e. The van der Waals surface area contributed by atoms with E-state index >= 15 is 0 Å². The van der Waals surface area contributed by atoms with E-state index in [4.69, 9.17) is 8.85 Å². The first-order valence-corrected chi connectivity index (χ1v) is 13.4. The van der Waals surface area contributed by atoms with Crippen molar-refractivity contribution < 1.29 is 13.3 Å². The molecule has 3 nitrogen and oxygen atoms in total. The number of fused-ring (bicyclic) bond motifs is 1. The molecule has 1 aromatic rings. The van der Waals surface area contributed by atoms with Crippen LogP contribution in [0.25, 0.3) is 0 Å². The number of benzene rings is 1. The van der Waals surface area contributed by atoms with Gasteiger partial charge in [0.2, 0.25) is 0 Å². The molecular weight excluding hydrogens is 294 g/mol. The van der Waals surface area contributed by atoms with Crippen LogP contribution in [0, 0.1) is 0 Å². The van der Waals surface area contributed by atoms with Gasteiger partial charge in [0.25, 0.3) is 0 Å². The lowest BCUT2D eigenvalue weighted by atomic mass is 10.2. The van der Waals surface area contributed by atoms with Gasteiger partial charge in [0.1, 0.15) is 13.1 Å². The van der Waals surface area contributed by atoms with Crippen LogP contribution in [0.4, 0.5) is 0 Å². The maximum atomic E-state index is 6.48. The minimum absolute atomic E-state index is 0.853. The van der Waals surface area contributed by atoms with E-state index in [1.807, 2.05) is 0 Å². The second-order valence-corrected chi connectivity index (χ2v) is 16.4. The molecule has 0 aromatic heterocycles. The average molecular weight is 323 g/mol. The van der Waals surface area contributed by atoms with Crippen LogP contribution < -0.4 is 5.19 Å². The molecule has 1 aromatic carbocycles. The van der Waals surface area contributed by atoms with Crippen LogP contribution in [-0.2, 0) is 14.9 Å². The van der Waals surface area contributed by atoms with Crippen LogP contribution in [0.1, 0.15) is 5.56 Å². The predicted molar refractivity (Wildman–Crippen MR) is 91.6 cm³/mol. The summed E-state index contributed by atoms with van der Waals surface area (Å²) < 4.78 is 14.0. The lowest BCUT2D eigenvalue weighted by Gasteiger charge is -2.44. The molecule has 1 fully saturated rings. The van der Waals surface area contributed by atoms with Crippen molar-refractivity contribution in [3.05, 3.63) is 29.8 Å². The first kappa shape index (κ1) is 15.4. The summed E-state index contributed by atoms with van der Waals surface area (Å²) in [7, 11) is 1.04. The lowest BCUT2D eigenvalue weighted by Crippen LogP contribution is -2.63. The third kappa shape index (κ3) is 3.17. The quantitative estimate of drug-likeness (QED) is 0.536. The molecule has 2 aliphatic heterocycles. The smallest absolute Gasteiger partial charge is 0.340 e. The number of nitrogens with zero attached hydrogens (tertiary/aromatic N) is 1. The number of hydrogen-bond donors (Lipinski definition) is 0. The fraction of sp³-hybridized carbons (Fsp3) is 0.625. The van der Waals surface area contributed by atoms with E-state index in [9.17, 15) is 0 Å². The normalized spacial score (nSPS) is 26.7. The van der Waals surface area contributed by atoms with Crippen molar-refractivity contribution in [2.24, 2.45) is 0 Å². The zero-order chi connectivity index (χ0) is 15.1. The van der Waals surface area contributed by atoms with Crippen molar-refractivity contribution in [2.45, 2.75) is 24.8 Å². The monoisotopic (exact) mass is 322 g/mol. The summed E-state index contributed by atoms with van der Waals surface area (Å²) in [6.07, 6.45) is 0. The Morgan fingerprint density at radius 3 is 2.29 bits per heavy atom. The molecule has 1 saturated heterocycles. The summed E-state index contributed by atoms with van der Waals surface area (Å²) in [5.74, 6) is 0. The molecule has 1 spiro atoms. The van der Waals surface area contributed by atoms with E-state index in [0.717, 1.165) is 36.8 Å². The first-order valence-electron chi connectivity index (χ1n) is 8.00. The highest BCUT2D eigenvalue weighted by Gasteiger charge is 2.50. The SMILES string of the molecule is C[N+]1(C)CCO[Si]2(Cc3ccccc3[Si](C)(C)C2)OCC1. The Hall–Kier alpha value is -0.466. The number of hydrogen-bond acceptors (Lipinski definition) is 2. The fourth-order valence-electron chi connectivity index (χ4n) is 3.77. The summed E-state index contributed by atoms with van der Waals surface area (Å²) in [4.78, 5) is 0. The molecule has 0 atom stereocenters. The Bertz CT molecular complexity index is 519. The molecule has 0 radical (unpaired) electrons. The van der Waals surface area contributed by atoms with Gasteiger partial charge in [-0.1, -0.05) is 42.5 Å². The highest BCUT2D eigenvalue weighted by Crippen LogP contribution is 2.32. The summed E-state index contributed by atoms with van der Waals surface area (Å²) in [6, 6.07) is 10.0. The lowest BCUT2D eigenvalue weighted by molar-refractivity contribution is -0.891. The molecule has 0 aliphatic carbocycles. The van der Waals surface area contributed by atoms with E-state index < -0.39 is 16.6 Å². The minimum atomic E-state index is -2.05. The van der Waals surface area contributed by atoms with Gasteiger partial charge in [-0.25, -0.2) is 0 Å². The van der Waals surface area contributed by atoms with Crippen molar-refractivity contribution in [1.82, 2.24) is 0 Å².